The number of ether oxygens (including phenoxy) is 3. The fourth-order valence-corrected chi connectivity index (χ4v) is 20.4. The van der Waals surface area contributed by atoms with Crippen LogP contribution >= 0.6 is 21.6 Å². The van der Waals surface area contributed by atoms with Gasteiger partial charge in [0.25, 0.3) is 5.91 Å². The molecule has 116 heavy (non-hydrogen) atoms. The number of para-hydroxylation sites is 1. The first-order valence-electron chi connectivity index (χ1n) is 38.4. The Morgan fingerprint density at radius 2 is 1.49 bits per heavy atom. The number of carbonyl (C=O) groups excluding carboxylic acids is 10. The van der Waals surface area contributed by atoms with Crippen molar-refractivity contribution < 1.29 is 128 Å². The highest BCUT2D eigenvalue weighted by molar-refractivity contribution is 8.76. The van der Waals surface area contributed by atoms with Crippen molar-refractivity contribution in [2.45, 2.75) is 168 Å². The SMILES string of the molecule is CC[C@]1(O)CC2CN(CCc3c([nH]c4ccccc34)[C@@](C(=O)OC)(c3cc4c(cc3OC)N(C)[C@H]3[C@@](O)(C(=O)NCC(=O)OCCSSC[C@H](NC(=O)[C@@H](CC(=O)[C@H](CC(=O)O)NC(=O)CC[C@H](CC(=O)CC[C@H](NC(=O)NCCCC(=O)O)C(=O)O)C(=O)O)Cc5ccccc5)C(=O)O)[C@H](O)C5C=CCC6CC[C@]43[C@@H]65)C2)C1.O=C=O.[HH]. The number of esters is 2. The number of methoxy groups -OCH3 is 2. The maximum absolute atomic E-state index is 15.5. The summed E-state index contributed by atoms with van der Waals surface area (Å²) in [4.78, 5) is 194. The van der Waals surface area contributed by atoms with Crippen LogP contribution < -0.4 is 36.2 Å². The number of aromatic nitrogens is 1. The molecule has 5 amide bonds. The molecule has 16 atom stereocenters. The van der Waals surface area contributed by atoms with Crippen LogP contribution in [0, 0.1) is 35.5 Å². The van der Waals surface area contributed by atoms with E-state index in [-0.39, 0.29) is 75.7 Å². The van der Waals surface area contributed by atoms with Gasteiger partial charge < -0.3 is 91.5 Å². The van der Waals surface area contributed by atoms with Gasteiger partial charge in [0, 0.05) is 129 Å². The van der Waals surface area contributed by atoms with E-state index in [1.165, 1.54) is 14.2 Å². The number of aliphatic carboxylic acids is 5. The topological polar surface area (TPSA) is 528 Å². The number of anilines is 1. The summed E-state index contributed by atoms with van der Waals surface area (Å²) in [7, 11) is 6.70. The Balaban J connectivity index is 0.00000420. The van der Waals surface area contributed by atoms with Gasteiger partial charge >= 0.3 is 54.0 Å². The fraction of sp³-hybridized carbons (Fsp3) is 0.550. The maximum Gasteiger partial charge on any atom is 0.373 e. The quantitative estimate of drug-likeness (QED) is 0.0131. The third kappa shape index (κ3) is 20.2. The molecule has 36 heteroatoms. The maximum atomic E-state index is 15.5. The molecule has 3 aliphatic carbocycles. The molecule has 4 heterocycles. The number of benzene rings is 3. The largest absolute Gasteiger partial charge is 0.496 e. The summed E-state index contributed by atoms with van der Waals surface area (Å²) in [6, 6.07) is 13.0. The van der Waals surface area contributed by atoms with E-state index in [1.54, 1.807) is 37.4 Å². The average molecular weight is 1660 g/mol. The number of hydrogen-bond acceptors (Lipinski definition) is 25. The van der Waals surface area contributed by atoms with Crippen LogP contribution in [0.3, 0.4) is 0 Å². The Labute approximate surface area is 676 Å². The molecule has 1 aromatic heterocycles. The number of carboxylic acid groups (broad SMARTS) is 5. The van der Waals surface area contributed by atoms with Gasteiger partial charge in [0.1, 0.15) is 48.3 Å². The number of piperidine rings is 1. The number of nitrogens with zero attached hydrogens (tertiary/aromatic N) is 2. The summed E-state index contributed by atoms with van der Waals surface area (Å²) in [5, 5.41) is 99.4. The minimum Gasteiger partial charge on any atom is -0.496 e. The second-order valence-corrected chi connectivity index (χ2v) is 33.3. The Kier molecular flexibility index (Phi) is 30.6. The van der Waals surface area contributed by atoms with E-state index in [9.17, 15) is 88.5 Å². The molecule has 3 fully saturated rings. The molecule has 630 valence electrons. The number of nitrogens with one attached hydrogen (secondary N) is 6. The third-order valence-electron chi connectivity index (χ3n) is 23.5. The second kappa shape index (κ2) is 39.6. The monoisotopic (exact) mass is 1650 g/mol. The van der Waals surface area contributed by atoms with Crippen LogP contribution in [0.4, 0.5) is 10.5 Å². The van der Waals surface area contributed by atoms with Crippen molar-refractivity contribution in [1.29, 1.82) is 0 Å². The van der Waals surface area contributed by atoms with Crippen molar-refractivity contribution in [2.24, 2.45) is 35.5 Å². The summed E-state index contributed by atoms with van der Waals surface area (Å²) < 4.78 is 17.9. The number of fused-ring (bicyclic) bond motifs is 6. The molecule has 1 spiro atoms. The van der Waals surface area contributed by atoms with Crippen LogP contribution in [0.25, 0.3) is 10.9 Å². The number of hydrogen-bond donors (Lipinski definition) is 14. The van der Waals surface area contributed by atoms with Crippen LogP contribution in [-0.4, -0.2) is 248 Å². The molecule has 4 aromatic rings. The van der Waals surface area contributed by atoms with Crippen molar-refractivity contribution >= 4 is 121 Å². The van der Waals surface area contributed by atoms with E-state index in [0.717, 1.165) is 43.6 Å². The van der Waals surface area contributed by atoms with Crippen LogP contribution in [0.1, 0.15) is 133 Å². The predicted molar refractivity (Wildman–Crippen MR) is 418 cm³/mol. The smallest absolute Gasteiger partial charge is 0.373 e. The highest BCUT2D eigenvalue weighted by Crippen LogP contribution is 2.69. The number of rotatable bonds is 39. The molecule has 10 rings (SSSR count). The highest BCUT2D eigenvalue weighted by atomic mass is 33.1. The lowest BCUT2D eigenvalue weighted by Crippen LogP contribution is -2.76. The molecule has 34 nitrogen and oxygen atoms in total. The van der Waals surface area contributed by atoms with E-state index in [1.807, 2.05) is 60.4 Å². The van der Waals surface area contributed by atoms with Crippen molar-refractivity contribution in [3.05, 3.63) is 107 Å². The standard InChI is InChI=1S/C79H100N8O24S2.CO2.H2/c1-5-76(107)37-44-38-78(74(105)110-4,66-50(25-28-87(40-44)42-76)49-16-9-10-18-54(49)83-66)53-34-52-58(36-60(53)109-3)86(2)72-77(52)26-24-45-15-11-17-51(65(45)77)67(96)79(72,108)73(104)81-39-64(95)111-29-30-112-113-41-57(71(102)103)84-68(97)47(31-43-13-7-6-8-14-43)33-59(89)56(35-63(93)94)82-61(90)23-20-46(69(98)99)32-48(88)21-22-55(70(100)101)85-75(106)80-27-12-19-62(91)92;2-1-3;/h6-11,13-14,16-18,34,36,44-47,51,55-57,65,67,72,83,96,107-108H,5,12,15,19-33,35,37-42H2,1-4H3,(H,81,104)(H,82,90)(H,84,97)(H,91,92)(H,93,94)(H,98,99)(H,100,101)(H,102,103)(H2,80,85,106);;1H/t44?,45?,46-,47-,51?,55+,56+,57+,65+,67-,72-,76+,77-,78+,79-;;/m1../s1. The average Bonchev–Trinajstić information content (AvgIpc) is 1.50. The zero-order valence-electron chi connectivity index (χ0n) is 64.7. The van der Waals surface area contributed by atoms with Gasteiger partial charge in [-0.15, -0.1) is 0 Å². The van der Waals surface area contributed by atoms with E-state index >= 15 is 9.59 Å². The number of carbonyl (C=O) groups is 13. The zero-order valence-corrected chi connectivity index (χ0v) is 66.3. The summed E-state index contributed by atoms with van der Waals surface area (Å²) in [6.07, 6.45) is 1.11. The highest BCUT2D eigenvalue weighted by Gasteiger charge is 2.75. The number of carboxylic acids is 5. The number of ketones is 2. The van der Waals surface area contributed by atoms with Crippen LogP contribution in [-0.2, 0) is 100 Å². The van der Waals surface area contributed by atoms with Crippen molar-refractivity contribution in [3.8, 4) is 5.75 Å². The molecule has 1 saturated heterocycles. The van der Waals surface area contributed by atoms with Gasteiger partial charge in [-0.3, -0.25) is 52.8 Å². The number of aromatic amines is 1. The summed E-state index contributed by atoms with van der Waals surface area (Å²) in [5.41, 5.74) is -1.38. The molecule has 0 radical (unpaired) electrons. The van der Waals surface area contributed by atoms with Crippen molar-refractivity contribution in [1.82, 2.24) is 36.5 Å². The molecule has 3 aliphatic heterocycles. The lowest BCUT2D eigenvalue weighted by atomic mass is 9.50. The number of amides is 5. The molecule has 4 unspecified atom stereocenters. The van der Waals surface area contributed by atoms with E-state index in [4.69, 9.17) is 28.9 Å². The van der Waals surface area contributed by atoms with Gasteiger partial charge in [-0.1, -0.05) is 89.2 Å². The van der Waals surface area contributed by atoms with Gasteiger partial charge in [-0.25, -0.2) is 14.4 Å². The van der Waals surface area contributed by atoms with Crippen LogP contribution in [0.15, 0.2) is 78.9 Å². The van der Waals surface area contributed by atoms with Gasteiger partial charge in [0.2, 0.25) is 11.8 Å². The summed E-state index contributed by atoms with van der Waals surface area (Å²) >= 11 is 0. The first kappa shape index (κ1) is 89.7. The lowest BCUT2D eigenvalue weighted by molar-refractivity contribution is -0.192. The lowest BCUT2D eigenvalue weighted by Gasteiger charge is -2.58. The van der Waals surface area contributed by atoms with Gasteiger partial charge in [-0.2, -0.15) is 9.59 Å². The Morgan fingerprint density at radius 3 is 2.16 bits per heavy atom. The summed E-state index contributed by atoms with van der Waals surface area (Å²) in [5.74, 6) is -17.2. The van der Waals surface area contributed by atoms with Gasteiger partial charge in [-0.05, 0) is 117 Å². The van der Waals surface area contributed by atoms with E-state index in [0.29, 0.717) is 86.4 Å². The molecule has 6 aliphatic rings. The normalized spacial score (nSPS) is 25.1. The van der Waals surface area contributed by atoms with Crippen LogP contribution in [0.2, 0.25) is 0 Å². The Bertz CT molecular complexity index is 4410. The molecule has 2 saturated carbocycles. The third-order valence-corrected chi connectivity index (χ3v) is 25.9. The molecule has 2 bridgehead atoms. The molecule has 14 N–H and O–H groups in total. The minimum absolute atomic E-state index is 0. The Morgan fingerprint density at radius 1 is 0.776 bits per heavy atom. The number of likely N-dealkylation sites (N-methyl/N-ethyl adjacent to an activating group) is 1. The fourth-order valence-electron chi connectivity index (χ4n) is 18.4. The van der Waals surface area contributed by atoms with Crippen LogP contribution in [0.5, 0.6) is 5.75 Å². The number of urea groups is 1. The zero-order chi connectivity index (χ0) is 84.6. The predicted octanol–water partition coefficient (Wildman–Crippen LogP) is 3.70. The van der Waals surface area contributed by atoms with E-state index in [2.05, 4.69) is 36.5 Å². The van der Waals surface area contributed by atoms with Crippen molar-refractivity contribution in [3.63, 3.8) is 0 Å². The number of allylic oxidation sites excluding steroid dienone is 1. The first-order valence-corrected chi connectivity index (χ1v) is 40.9. The minimum atomic E-state index is -2.58. The molecular weight excluding hydrogens is 1550 g/mol. The van der Waals surface area contributed by atoms with Crippen molar-refractivity contribution in [2.75, 3.05) is 77.0 Å². The van der Waals surface area contributed by atoms with Gasteiger partial charge in [0.15, 0.2) is 11.4 Å². The number of Topliss-reactive ketones (excluding diaryl/α,β-unsaturated/α-hetero) is 2. The van der Waals surface area contributed by atoms with Gasteiger partial charge in [0.05, 0.1) is 44.2 Å². The second-order valence-electron chi connectivity index (χ2n) is 30.6. The molecule has 3 aromatic carbocycles. The molecular formula is C80H102N8O26S2. The number of aliphatic hydroxyl groups excluding tert-OH is 1. The Hall–Kier alpha value is -10.2. The first-order chi connectivity index (χ1) is 55.2. The number of aliphatic hydroxyl groups is 3. The van der Waals surface area contributed by atoms with E-state index < -0.39 is 199 Å². The summed E-state index contributed by atoms with van der Waals surface area (Å²) in [6.45, 7) is 2.60. The number of H-pyrrole nitrogens is 1.